The average molecular weight is 415 g/mol. The zero-order chi connectivity index (χ0) is 21.4. The number of carbonyl (C=O) groups is 1. The number of carbonyl (C=O) groups excluding carboxylic acids is 1. The fourth-order valence-electron chi connectivity index (χ4n) is 4.46. The fourth-order valence-corrected chi connectivity index (χ4v) is 4.46. The summed E-state index contributed by atoms with van der Waals surface area (Å²) in [5.74, 6) is 1.45. The fraction of sp³-hybridized carbons (Fsp3) is 0.333. The van der Waals surface area contributed by atoms with Gasteiger partial charge in [-0.1, -0.05) is 30.3 Å². The Morgan fingerprint density at radius 3 is 2.84 bits per heavy atom. The third kappa shape index (κ3) is 3.71. The van der Waals surface area contributed by atoms with Crippen LogP contribution >= 0.6 is 0 Å². The molecule has 1 atom stereocenters. The molecule has 7 heteroatoms. The van der Waals surface area contributed by atoms with Gasteiger partial charge in [-0.25, -0.2) is 9.97 Å². The standard InChI is InChI=1S/C24H26N6O/c1-16(2)30-22(26-19-9-6-11-25-23(19)30)13-17-10-12-29(15-17)24(31)21-14-20(27-28-21)18-7-4-3-5-8-18/h3-9,11,14,16-17H,10,12-13,15H2,1-2H3,(H,27,28)/t17-/m0/s1. The molecule has 0 spiro atoms. The van der Waals surface area contributed by atoms with Crippen molar-refractivity contribution in [3.8, 4) is 11.3 Å². The van der Waals surface area contributed by atoms with Crippen LogP contribution in [0.25, 0.3) is 22.4 Å². The number of pyridine rings is 1. The highest BCUT2D eigenvalue weighted by Gasteiger charge is 2.29. The van der Waals surface area contributed by atoms with Crippen LogP contribution in [-0.2, 0) is 6.42 Å². The topological polar surface area (TPSA) is 79.7 Å². The zero-order valence-electron chi connectivity index (χ0n) is 17.8. The third-order valence-corrected chi connectivity index (χ3v) is 5.96. The predicted octanol–water partition coefficient (Wildman–Crippen LogP) is 4.11. The molecule has 5 rings (SSSR count). The van der Waals surface area contributed by atoms with E-state index < -0.39 is 0 Å². The first kappa shape index (κ1) is 19.5. The smallest absolute Gasteiger partial charge is 0.271 e. The summed E-state index contributed by atoms with van der Waals surface area (Å²) >= 11 is 0. The molecule has 158 valence electrons. The van der Waals surface area contributed by atoms with E-state index in [9.17, 15) is 4.79 Å². The number of H-pyrrole nitrogens is 1. The Balaban J connectivity index is 1.30. The predicted molar refractivity (Wildman–Crippen MR) is 120 cm³/mol. The van der Waals surface area contributed by atoms with Crippen LogP contribution in [0.15, 0.2) is 54.7 Å². The van der Waals surface area contributed by atoms with Crippen LogP contribution in [0.5, 0.6) is 0 Å². The van der Waals surface area contributed by atoms with E-state index in [4.69, 9.17) is 4.98 Å². The quantitative estimate of drug-likeness (QED) is 0.533. The van der Waals surface area contributed by atoms with E-state index in [0.717, 1.165) is 54.2 Å². The number of likely N-dealkylation sites (tertiary alicyclic amines) is 1. The number of nitrogens with zero attached hydrogens (tertiary/aromatic N) is 5. The number of aromatic amines is 1. The average Bonchev–Trinajstić information content (AvgIpc) is 3.52. The van der Waals surface area contributed by atoms with E-state index in [1.165, 1.54) is 0 Å². The molecule has 1 aliphatic rings. The van der Waals surface area contributed by atoms with Gasteiger partial charge in [-0.3, -0.25) is 9.89 Å². The van der Waals surface area contributed by atoms with Gasteiger partial charge in [-0.15, -0.1) is 0 Å². The molecule has 31 heavy (non-hydrogen) atoms. The van der Waals surface area contributed by atoms with Gasteiger partial charge in [0.1, 0.15) is 17.0 Å². The minimum atomic E-state index is 0.0104. The summed E-state index contributed by atoms with van der Waals surface area (Å²) in [6.45, 7) is 5.80. The second-order valence-electron chi connectivity index (χ2n) is 8.48. The zero-order valence-corrected chi connectivity index (χ0v) is 17.8. The Bertz CT molecular complexity index is 1210. The van der Waals surface area contributed by atoms with Crippen molar-refractivity contribution in [2.45, 2.75) is 32.7 Å². The first-order chi connectivity index (χ1) is 15.1. The Labute approximate surface area is 181 Å². The van der Waals surface area contributed by atoms with Gasteiger partial charge in [0.05, 0.1) is 5.69 Å². The second-order valence-corrected chi connectivity index (χ2v) is 8.48. The maximum absolute atomic E-state index is 13.0. The summed E-state index contributed by atoms with van der Waals surface area (Å²) in [4.78, 5) is 24.3. The van der Waals surface area contributed by atoms with E-state index in [1.54, 1.807) is 0 Å². The molecule has 0 radical (unpaired) electrons. The summed E-state index contributed by atoms with van der Waals surface area (Å²) < 4.78 is 2.22. The SMILES string of the molecule is CC(C)n1c(C[C@@H]2CCN(C(=O)c3cc(-c4ccccc4)n[nH]3)C2)nc2cccnc21. The van der Waals surface area contributed by atoms with Crippen LogP contribution in [0.4, 0.5) is 0 Å². The molecule has 1 amide bonds. The summed E-state index contributed by atoms with van der Waals surface area (Å²) in [7, 11) is 0. The summed E-state index contributed by atoms with van der Waals surface area (Å²) in [5.41, 5.74) is 4.20. The van der Waals surface area contributed by atoms with Crippen molar-refractivity contribution < 1.29 is 4.79 Å². The first-order valence-electron chi connectivity index (χ1n) is 10.8. The van der Waals surface area contributed by atoms with Gasteiger partial charge in [-0.2, -0.15) is 5.10 Å². The number of fused-ring (bicyclic) bond motifs is 1. The molecule has 4 aromatic rings. The van der Waals surface area contributed by atoms with Crippen molar-refractivity contribution in [3.05, 3.63) is 66.2 Å². The minimum Gasteiger partial charge on any atom is -0.337 e. The lowest BCUT2D eigenvalue weighted by Gasteiger charge is -2.17. The lowest BCUT2D eigenvalue weighted by molar-refractivity contribution is 0.0781. The highest BCUT2D eigenvalue weighted by Crippen LogP contribution is 2.26. The molecule has 0 unspecified atom stereocenters. The summed E-state index contributed by atoms with van der Waals surface area (Å²) in [5, 5.41) is 7.25. The Morgan fingerprint density at radius 1 is 1.19 bits per heavy atom. The number of nitrogens with one attached hydrogen (secondary N) is 1. The first-order valence-corrected chi connectivity index (χ1v) is 10.8. The number of benzene rings is 1. The van der Waals surface area contributed by atoms with Gasteiger partial charge in [0.25, 0.3) is 5.91 Å². The maximum atomic E-state index is 13.0. The monoisotopic (exact) mass is 414 g/mol. The minimum absolute atomic E-state index is 0.0104. The van der Waals surface area contributed by atoms with E-state index in [-0.39, 0.29) is 11.9 Å². The van der Waals surface area contributed by atoms with Gasteiger partial charge in [0.15, 0.2) is 5.65 Å². The van der Waals surface area contributed by atoms with Crippen LogP contribution in [0.3, 0.4) is 0 Å². The van der Waals surface area contributed by atoms with Crippen molar-refractivity contribution in [1.29, 1.82) is 0 Å². The number of aromatic nitrogens is 5. The molecule has 1 fully saturated rings. The number of hydrogen-bond donors (Lipinski definition) is 1. The van der Waals surface area contributed by atoms with Gasteiger partial charge in [0, 0.05) is 37.3 Å². The molecule has 0 bridgehead atoms. The number of amides is 1. The van der Waals surface area contributed by atoms with Crippen molar-refractivity contribution >= 4 is 17.1 Å². The van der Waals surface area contributed by atoms with Crippen LogP contribution in [0.2, 0.25) is 0 Å². The molecular formula is C24H26N6O. The van der Waals surface area contributed by atoms with Gasteiger partial charge in [-0.05, 0) is 44.4 Å². The molecule has 3 aromatic heterocycles. The summed E-state index contributed by atoms with van der Waals surface area (Å²) in [6, 6.07) is 16.0. The molecule has 1 aromatic carbocycles. The van der Waals surface area contributed by atoms with Crippen LogP contribution in [-0.4, -0.2) is 48.6 Å². The number of rotatable bonds is 5. The lowest BCUT2D eigenvalue weighted by Crippen LogP contribution is -2.29. The van der Waals surface area contributed by atoms with Crippen LogP contribution in [0.1, 0.15) is 42.6 Å². The van der Waals surface area contributed by atoms with Crippen molar-refractivity contribution in [2.24, 2.45) is 5.92 Å². The molecule has 0 saturated carbocycles. The Kier molecular flexibility index (Phi) is 5.02. The van der Waals surface area contributed by atoms with E-state index in [1.807, 2.05) is 59.6 Å². The largest absolute Gasteiger partial charge is 0.337 e. The normalized spacial score (nSPS) is 16.5. The molecule has 1 saturated heterocycles. The van der Waals surface area contributed by atoms with Crippen molar-refractivity contribution in [1.82, 2.24) is 29.6 Å². The lowest BCUT2D eigenvalue weighted by atomic mass is 10.0. The van der Waals surface area contributed by atoms with Gasteiger partial charge < -0.3 is 9.47 Å². The van der Waals surface area contributed by atoms with Crippen molar-refractivity contribution in [3.63, 3.8) is 0 Å². The van der Waals surface area contributed by atoms with Gasteiger partial charge in [0.2, 0.25) is 0 Å². The van der Waals surface area contributed by atoms with E-state index in [2.05, 4.69) is 33.6 Å². The highest BCUT2D eigenvalue weighted by atomic mass is 16.2. The van der Waals surface area contributed by atoms with Gasteiger partial charge >= 0.3 is 0 Å². The summed E-state index contributed by atoms with van der Waals surface area (Å²) in [6.07, 6.45) is 3.63. The number of imidazole rings is 1. The highest BCUT2D eigenvalue weighted by molar-refractivity contribution is 5.93. The Morgan fingerprint density at radius 2 is 2.03 bits per heavy atom. The molecule has 0 aliphatic carbocycles. The second kappa shape index (κ2) is 7.98. The molecule has 4 heterocycles. The number of hydrogen-bond acceptors (Lipinski definition) is 4. The third-order valence-electron chi connectivity index (χ3n) is 5.96. The molecule has 7 nitrogen and oxygen atoms in total. The van der Waals surface area contributed by atoms with Crippen LogP contribution < -0.4 is 0 Å². The van der Waals surface area contributed by atoms with E-state index in [0.29, 0.717) is 11.6 Å². The van der Waals surface area contributed by atoms with Crippen LogP contribution in [0, 0.1) is 5.92 Å². The maximum Gasteiger partial charge on any atom is 0.271 e. The molecule has 1 aliphatic heterocycles. The molecular weight excluding hydrogens is 388 g/mol. The van der Waals surface area contributed by atoms with E-state index >= 15 is 0 Å². The Hall–Kier alpha value is -3.48. The molecule has 1 N–H and O–H groups in total. The van der Waals surface area contributed by atoms with Crippen molar-refractivity contribution in [2.75, 3.05) is 13.1 Å².